The number of aromatic nitrogens is 2. The summed E-state index contributed by atoms with van der Waals surface area (Å²) in [5.74, 6) is 0.203. The van der Waals surface area contributed by atoms with Crippen LogP contribution in [0.1, 0.15) is 23.3 Å². The molecule has 1 saturated carbocycles. The van der Waals surface area contributed by atoms with Gasteiger partial charge in [-0.3, -0.25) is 0 Å². The molecule has 0 spiro atoms. The largest absolute Gasteiger partial charge is 0.464 e. The monoisotopic (exact) mass is 250 g/mol. The first-order valence-corrected chi connectivity index (χ1v) is 6.05. The lowest BCUT2D eigenvalue weighted by molar-refractivity contribution is 0.0593. The number of nitrogens with one attached hydrogen (secondary N) is 1. The average Bonchev–Trinajstić information content (AvgIpc) is 3.23. The first kappa shape index (κ1) is 12.8. The highest BCUT2D eigenvalue weighted by molar-refractivity contribution is 5.86. The molecule has 1 aromatic heterocycles. The second kappa shape index (κ2) is 5.77. The first-order chi connectivity index (χ1) is 8.70. The first-order valence-electron chi connectivity index (χ1n) is 6.05. The Balaban J connectivity index is 1.77. The van der Waals surface area contributed by atoms with Crippen LogP contribution < -0.4 is 5.32 Å². The van der Waals surface area contributed by atoms with E-state index < -0.39 is 5.97 Å². The van der Waals surface area contributed by atoms with E-state index in [-0.39, 0.29) is 5.69 Å². The fraction of sp³-hybridized carbons (Fsp3) is 0.583. The molecule has 1 fully saturated rings. The number of rotatable bonds is 6. The van der Waals surface area contributed by atoms with E-state index in [2.05, 4.69) is 32.0 Å². The number of likely N-dealkylation sites (N-methyl/N-ethyl adjacent to an activating group) is 1. The summed E-state index contributed by atoms with van der Waals surface area (Å²) in [6.07, 6.45) is 5.58. The molecule has 1 aliphatic rings. The minimum atomic E-state index is -0.470. The lowest BCUT2D eigenvalue weighted by Gasteiger charge is -2.15. The van der Waals surface area contributed by atoms with Gasteiger partial charge in [0, 0.05) is 19.1 Å². The molecule has 1 aliphatic carbocycles. The summed E-state index contributed by atoms with van der Waals surface area (Å²) in [6, 6.07) is 0.764. The number of anilines is 1. The molecule has 0 amide bonds. The fourth-order valence-electron chi connectivity index (χ4n) is 1.69. The summed E-state index contributed by atoms with van der Waals surface area (Å²) in [5, 5.41) is 3.17. The van der Waals surface area contributed by atoms with Gasteiger partial charge in [0.15, 0.2) is 5.69 Å². The van der Waals surface area contributed by atoms with Crippen LogP contribution in [0, 0.1) is 0 Å². The Morgan fingerprint density at radius 1 is 1.50 bits per heavy atom. The molecular formula is C12H18N4O2. The van der Waals surface area contributed by atoms with Gasteiger partial charge in [0.2, 0.25) is 0 Å². The number of carbonyl (C=O) groups is 1. The van der Waals surface area contributed by atoms with Crippen LogP contribution in [0.15, 0.2) is 12.4 Å². The van der Waals surface area contributed by atoms with Crippen LogP contribution in [-0.2, 0) is 4.74 Å². The van der Waals surface area contributed by atoms with Crippen molar-refractivity contribution < 1.29 is 9.53 Å². The molecule has 0 saturated heterocycles. The highest BCUT2D eigenvalue weighted by Gasteiger charge is 2.25. The number of nitrogens with zero attached hydrogens (tertiary/aromatic N) is 3. The van der Waals surface area contributed by atoms with E-state index in [1.165, 1.54) is 26.1 Å². The molecule has 18 heavy (non-hydrogen) atoms. The van der Waals surface area contributed by atoms with Crippen molar-refractivity contribution in [3.8, 4) is 0 Å². The van der Waals surface area contributed by atoms with E-state index >= 15 is 0 Å². The minimum Gasteiger partial charge on any atom is -0.464 e. The van der Waals surface area contributed by atoms with Crippen LogP contribution in [0.4, 0.5) is 5.82 Å². The summed E-state index contributed by atoms with van der Waals surface area (Å²) in [5.41, 5.74) is 0.221. The molecule has 0 atom stereocenters. The number of hydrogen-bond donors (Lipinski definition) is 1. The number of methoxy groups -OCH3 is 1. The van der Waals surface area contributed by atoms with Gasteiger partial charge in [0.05, 0.1) is 19.5 Å². The maximum Gasteiger partial charge on any atom is 0.358 e. The van der Waals surface area contributed by atoms with Gasteiger partial charge in [-0.1, -0.05) is 0 Å². The highest BCUT2D eigenvalue weighted by Crippen LogP contribution is 2.24. The van der Waals surface area contributed by atoms with Gasteiger partial charge < -0.3 is 15.0 Å². The third-order valence-electron chi connectivity index (χ3n) is 2.99. The van der Waals surface area contributed by atoms with Crippen LogP contribution in [0.3, 0.4) is 0 Å². The Kier molecular flexibility index (Phi) is 4.09. The van der Waals surface area contributed by atoms with Crippen LogP contribution in [-0.4, -0.2) is 54.1 Å². The Morgan fingerprint density at radius 2 is 2.28 bits per heavy atom. The molecule has 6 nitrogen and oxygen atoms in total. The van der Waals surface area contributed by atoms with Crippen molar-refractivity contribution in [2.24, 2.45) is 0 Å². The van der Waals surface area contributed by atoms with Crippen molar-refractivity contribution in [2.75, 3.05) is 32.6 Å². The summed E-state index contributed by atoms with van der Waals surface area (Å²) >= 11 is 0. The molecule has 1 N–H and O–H groups in total. The zero-order chi connectivity index (χ0) is 13.0. The van der Waals surface area contributed by atoms with Crippen LogP contribution >= 0.6 is 0 Å². The lowest BCUT2D eigenvalue weighted by atomic mass is 10.4. The van der Waals surface area contributed by atoms with Gasteiger partial charge >= 0.3 is 5.97 Å². The number of hydrogen-bond acceptors (Lipinski definition) is 6. The van der Waals surface area contributed by atoms with Crippen LogP contribution in [0.5, 0.6) is 0 Å². The van der Waals surface area contributed by atoms with Gasteiger partial charge in [-0.15, -0.1) is 0 Å². The van der Waals surface area contributed by atoms with Gasteiger partial charge in [-0.05, 0) is 19.9 Å². The van der Waals surface area contributed by atoms with Crippen molar-refractivity contribution in [1.82, 2.24) is 14.9 Å². The fourth-order valence-corrected chi connectivity index (χ4v) is 1.69. The molecule has 0 bridgehead atoms. The molecule has 98 valence electrons. The van der Waals surface area contributed by atoms with Crippen molar-refractivity contribution in [3.05, 3.63) is 18.1 Å². The summed E-state index contributed by atoms with van der Waals surface area (Å²) in [7, 11) is 3.45. The third kappa shape index (κ3) is 3.40. The Morgan fingerprint density at radius 3 is 2.83 bits per heavy atom. The summed E-state index contributed by atoms with van der Waals surface area (Å²) in [6.45, 7) is 1.80. The normalized spacial score (nSPS) is 14.6. The van der Waals surface area contributed by atoms with Gasteiger partial charge in [-0.2, -0.15) is 0 Å². The Hall–Kier alpha value is -1.69. The number of ether oxygens (including phenoxy) is 1. The molecular weight excluding hydrogens is 232 g/mol. The lowest BCUT2D eigenvalue weighted by Crippen LogP contribution is -2.27. The maximum atomic E-state index is 11.2. The number of esters is 1. The van der Waals surface area contributed by atoms with Crippen LogP contribution in [0.2, 0.25) is 0 Å². The summed E-state index contributed by atoms with van der Waals surface area (Å²) in [4.78, 5) is 21.6. The predicted molar refractivity (Wildman–Crippen MR) is 67.5 cm³/mol. The zero-order valence-corrected chi connectivity index (χ0v) is 10.7. The van der Waals surface area contributed by atoms with E-state index in [0.29, 0.717) is 5.82 Å². The molecule has 0 radical (unpaired) electrons. The molecule has 1 aromatic rings. The molecule has 0 aromatic carbocycles. The SMILES string of the molecule is COC(=O)c1cnc(NCCN(C)C2CC2)cn1. The van der Waals surface area contributed by atoms with Crippen molar-refractivity contribution in [1.29, 1.82) is 0 Å². The molecule has 0 unspecified atom stereocenters. The van der Waals surface area contributed by atoms with Crippen LogP contribution in [0.25, 0.3) is 0 Å². The van der Waals surface area contributed by atoms with E-state index in [1.54, 1.807) is 6.20 Å². The molecule has 1 heterocycles. The maximum absolute atomic E-state index is 11.2. The molecule has 0 aliphatic heterocycles. The van der Waals surface area contributed by atoms with Gasteiger partial charge in [0.25, 0.3) is 0 Å². The van der Waals surface area contributed by atoms with Crippen molar-refractivity contribution in [3.63, 3.8) is 0 Å². The van der Waals surface area contributed by atoms with Gasteiger partial charge in [0.1, 0.15) is 5.82 Å². The highest BCUT2D eigenvalue weighted by atomic mass is 16.5. The van der Waals surface area contributed by atoms with E-state index in [1.807, 2.05) is 0 Å². The average molecular weight is 250 g/mol. The van der Waals surface area contributed by atoms with Crippen molar-refractivity contribution >= 4 is 11.8 Å². The predicted octanol–water partition coefficient (Wildman–Crippen LogP) is 0.769. The second-order valence-corrected chi connectivity index (χ2v) is 4.42. The standard InChI is InChI=1S/C12H18N4O2/c1-16(9-3-4-9)6-5-13-11-8-14-10(7-15-11)12(17)18-2/h7-9H,3-6H2,1-2H3,(H,13,15). The zero-order valence-electron chi connectivity index (χ0n) is 10.7. The second-order valence-electron chi connectivity index (χ2n) is 4.42. The minimum absolute atomic E-state index is 0.221. The molecule has 6 heteroatoms. The Labute approximate surface area is 106 Å². The smallest absolute Gasteiger partial charge is 0.358 e. The van der Waals surface area contributed by atoms with E-state index in [0.717, 1.165) is 19.1 Å². The third-order valence-corrected chi connectivity index (χ3v) is 2.99. The van der Waals surface area contributed by atoms with Crippen molar-refractivity contribution in [2.45, 2.75) is 18.9 Å². The van der Waals surface area contributed by atoms with E-state index in [9.17, 15) is 4.79 Å². The summed E-state index contributed by atoms with van der Waals surface area (Å²) < 4.78 is 4.55. The Bertz CT molecular complexity index is 403. The molecule has 2 rings (SSSR count). The quantitative estimate of drug-likeness (QED) is 0.752. The number of carbonyl (C=O) groups excluding carboxylic acids is 1. The topological polar surface area (TPSA) is 67.3 Å². The van der Waals surface area contributed by atoms with E-state index in [4.69, 9.17) is 0 Å². The van der Waals surface area contributed by atoms with Gasteiger partial charge in [-0.25, -0.2) is 14.8 Å².